The van der Waals surface area contributed by atoms with E-state index in [1.54, 1.807) is 13.2 Å². The molecule has 1 heterocycles. The average molecular weight is 328 g/mol. The number of halogens is 2. The largest absolute Gasteiger partial charge is 0.458 e. The van der Waals surface area contributed by atoms with Crippen LogP contribution in [0.3, 0.4) is 0 Å². The first kappa shape index (κ1) is 13.1. The molecule has 1 aliphatic rings. The van der Waals surface area contributed by atoms with Crippen molar-refractivity contribution in [1.82, 2.24) is 5.32 Å². The molecule has 1 N–H and O–H groups in total. The van der Waals surface area contributed by atoms with E-state index in [4.69, 9.17) is 9.15 Å². The first-order chi connectivity index (χ1) is 9.20. The molecule has 3 nitrogen and oxygen atoms in total. The first-order valence-electron chi connectivity index (χ1n) is 6.31. The second-order valence-electron chi connectivity index (χ2n) is 4.83. The molecule has 1 aliphatic carbocycles. The van der Waals surface area contributed by atoms with Crippen molar-refractivity contribution in [3.05, 3.63) is 33.7 Å². The van der Waals surface area contributed by atoms with Crippen molar-refractivity contribution < 1.29 is 13.5 Å². The number of methoxy groups -OCH3 is 1. The summed E-state index contributed by atoms with van der Waals surface area (Å²) < 4.78 is 25.8. The van der Waals surface area contributed by atoms with Gasteiger partial charge in [0.15, 0.2) is 5.58 Å². The van der Waals surface area contributed by atoms with Gasteiger partial charge in [0.05, 0.1) is 23.0 Å². The third-order valence-corrected chi connectivity index (χ3v) is 3.96. The molecule has 1 saturated carbocycles. The normalized spacial score (nSPS) is 15.3. The number of ether oxygens (including phenoxy) is 1. The number of benzene rings is 1. The molecule has 3 rings (SSSR count). The van der Waals surface area contributed by atoms with Gasteiger partial charge in [0.2, 0.25) is 0 Å². The summed E-state index contributed by atoms with van der Waals surface area (Å²) in [6, 6.07) is 3.69. The molecule has 2 aromatic rings. The number of nitrogens with one attached hydrogen (secondary N) is 1. The van der Waals surface area contributed by atoms with Crippen molar-refractivity contribution in [2.75, 3.05) is 7.11 Å². The number of fused-ring (bicyclic) bond motifs is 1. The van der Waals surface area contributed by atoms with Crippen LogP contribution in [0.5, 0.6) is 0 Å². The molecule has 0 spiro atoms. The lowest BCUT2D eigenvalue weighted by molar-refractivity contribution is 0.183. The fourth-order valence-corrected chi connectivity index (χ4v) is 2.61. The molecule has 0 radical (unpaired) electrons. The molecule has 0 bridgehead atoms. The van der Waals surface area contributed by atoms with E-state index in [9.17, 15) is 4.39 Å². The predicted octanol–water partition coefficient (Wildman–Crippen LogP) is 3.73. The standard InChI is InChI=1S/C14H15BrFNO2/c1-18-7-9-12(6-17-8-2-3-8)19-14-10(15)4-5-11(16)13(9)14/h4-5,8,17H,2-3,6-7H2,1H3. The lowest BCUT2D eigenvalue weighted by atomic mass is 10.1. The Morgan fingerprint density at radius 2 is 2.26 bits per heavy atom. The fourth-order valence-electron chi connectivity index (χ4n) is 2.20. The molecule has 0 aliphatic heterocycles. The molecule has 1 aromatic heterocycles. The van der Waals surface area contributed by atoms with E-state index in [2.05, 4.69) is 21.2 Å². The van der Waals surface area contributed by atoms with Gasteiger partial charge in [-0.1, -0.05) is 0 Å². The van der Waals surface area contributed by atoms with E-state index in [-0.39, 0.29) is 5.82 Å². The highest BCUT2D eigenvalue weighted by molar-refractivity contribution is 9.10. The molecule has 5 heteroatoms. The Morgan fingerprint density at radius 3 is 2.95 bits per heavy atom. The summed E-state index contributed by atoms with van der Waals surface area (Å²) in [5.41, 5.74) is 1.35. The van der Waals surface area contributed by atoms with E-state index in [0.717, 1.165) is 15.8 Å². The zero-order chi connectivity index (χ0) is 13.4. The Bertz CT molecular complexity index is 607. The van der Waals surface area contributed by atoms with Gasteiger partial charge in [-0.05, 0) is 40.9 Å². The van der Waals surface area contributed by atoms with Crippen LogP contribution in [-0.4, -0.2) is 13.2 Å². The van der Waals surface area contributed by atoms with Crippen molar-refractivity contribution in [2.45, 2.75) is 32.0 Å². The maximum atomic E-state index is 14.0. The minimum Gasteiger partial charge on any atom is -0.458 e. The quantitative estimate of drug-likeness (QED) is 0.908. The van der Waals surface area contributed by atoms with Gasteiger partial charge in [0.25, 0.3) is 0 Å². The van der Waals surface area contributed by atoms with Gasteiger partial charge in [-0.15, -0.1) is 0 Å². The maximum absolute atomic E-state index is 14.0. The average Bonchev–Trinajstić information content (AvgIpc) is 3.15. The van der Waals surface area contributed by atoms with Crippen molar-refractivity contribution in [3.8, 4) is 0 Å². The molecule has 0 amide bonds. The van der Waals surface area contributed by atoms with Gasteiger partial charge in [-0.3, -0.25) is 0 Å². The molecule has 0 atom stereocenters. The van der Waals surface area contributed by atoms with Gasteiger partial charge in [0, 0.05) is 18.7 Å². The Hall–Kier alpha value is -0.910. The smallest absolute Gasteiger partial charge is 0.151 e. The monoisotopic (exact) mass is 327 g/mol. The van der Waals surface area contributed by atoms with Crippen LogP contribution in [0.25, 0.3) is 11.0 Å². The van der Waals surface area contributed by atoms with Gasteiger partial charge in [-0.2, -0.15) is 0 Å². The minimum absolute atomic E-state index is 0.272. The van der Waals surface area contributed by atoms with Crippen LogP contribution in [0.1, 0.15) is 24.2 Å². The van der Waals surface area contributed by atoms with E-state index >= 15 is 0 Å². The summed E-state index contributed by atoms with van der Waals surface area (Å²) in [6.07, 6.45) is 2.41. The molecular weight excluding hydrogens is 313 g/mol. The van der Waals surface area contributed by atoms with Gasteiger partial charge in [0.1, 0.15) is 11.6 Å². The molecule has 1 aromatic carbocycles. The number of furan rings is 1. The van der Waals surface area contributed by atoms with Crippen LogP contribution in [0.15, 0.2) is 21.0 Å². The molecule has 19 heavy (non-hydrogen) atoms. The van der Waals surface area contributed by atoms with Gasteiger partial charge >= 0.3 is 0 Å². The van der Waals surface area contributed by atoms with E-state index in [1.807, 2.05) is 0 Å². The second kappa shape index (κ2) is 5.23. The lowest BCUT2D eigenvalue weighted by Crippen LogP contribution is -2.15. The van der Waals surface area contributed by atoms with E-state index < -0.39 is 0 Å². The summed E-state index contributed by atoms with van der Waals surface area (Å²) >= 11 is 3.40. The summed E-state index contributed by atoms with van der Waals surface area (Å²) in [4.78, 5) is 0. The Balaban J connectivity index is 2.05. The molecule has 0 unspecified atom stereocenters. The van der Waals surface area contributed by atoms with Crippen LogP contribution in [0, 0.1) is 5.82 Å². The third-order valence-electron chi connectivity index (χ3n) is 3.34. The van der Waals surface area contributed by atoms with E-state index in [0.29, 0.717) is 30.2 Å². The van der Waals surface area contributed by atoms with Crippen molar-refractivity contribution in [1.29, 1.82) is 0 Å². The SMILES string of the molecule is COCc1c(CNC2CC2)oc2c(Br)ccc(F)c12. The maximum Gasteiger partial charge on any atom is 0.151 e. The minimum atomic E-state index is -0.272. The topological polar surface area (TPSA) is 34.4 Å². The number of rotatable bonds is 5. The van der Waals surface area contributed by atoms with Gasteiger partial charge in [-0.25, -0.2) is 4.39 Å². The van der Waals surface area contributed by atoms with Crippen molar-refractivity contribution >= 4 is 26.9 Å². The lowest BCUT2D eigenvalue weighted by Gasteiger charge is -2.03. The Kier molecular flexibility index (Phi) is 3.60. The molecule has 0 saturated heterocycles. The fraction of sp³-hybridized carbons (Fsp3) is 0.429. The highest BCUT2D eigenvalue weighted by Gasteiger charge is 2.23. The van der Waals surface area contributed by atoms with Crippen LogP contribution < -0.4 is 5.32 Å². The summed E-state index contributed by atoms with van der Waals surface area (Å²) in [5, 5.41) is 3.90. The van der Waals surface area contributed by atoms with Crippen LogP contribution in [0.4, 0.5) is 4.39 Å². The zero-order valence-corrected chi connectivity index (χ0v) is 12.2. The molecular formula is C14H15BrFNO2. The summed E-state index contributed by atoms with van der Waals surface area (Å²) in [6.45, 7) is 0.964. The first-order valence-corrected chi connectivity index (χ1v) is 7.10. The second-order valence-corrected chi connectivity index (χ2v) is 5.68. The molecule has 102 valence electrons. The summed E-state index contributed by atoms with van der Waals surface area (Å²) in [5.74, 6) is 0.487. The van der Waals surface area contributed by atoms with Crippen molar-refractivity contribution in [3.63, 3.8) is 0 Å². The molecule has 1 fully saturated rings. The van der Waals surface area contributed by atoms with Crippen molar-refractivity contribution in [2.24, 2.45) is 0 Å². The van der Waals surface area contributed by atoms with E-state index in [1.165, 1.54) is 18.9 Å². The predicted molar refractivity (Wildman–Crippen MR) is 74.4 cm³/mol. The number of hydrogen-bond acceptors (Lipinski definition) is 3. The highest BCUT2D eigenvalue weighted by Crippen LogP contribution is 2.34. The Labute approximate surface area is 119 Å². The van der Waals surface area contributed by atoms with Crippen LogP contribution in [0.2, 0.25) is 0 Å². The van der Waals surface area contributed by atoms with Gasteiger partial charge < -0.3 is 14.5 Å². The van der Waals surface area contributed by atoms with Crippen LogP contribution >= 0.6 is 15.9 Å². The van der Waals surface area contributed by atoms with Crippen LogP contribution in [-0.2, 0) is 17.9 Å². The Morgan fingerprint density at radius 1 is 1.47 bits per heavy atom. The third kappa shape index (κ3) is 2.55. The summed E-state index contributed by atoms with van der Waals surface area (Å²) in [7, 11) is 1.60. The number of hydrogen-bond donors (Lipinski definition) is 1. The zero-order valence-electron chi connectivity index (χ0n) is 10.6. The highest BCUT2D eigenvalue weighted by atomic mass is 79.9.